The Labute approximate surface area is 56.0 Å². The fourth-order valence-corrected chi connectivity index (χ4v) is 1.02. The monoisotopic (exact) mass is 138 g/mol. The van der Waals surface area contributed by atoms with Gasteiger partial charge in [-0.05, 0) is 0 Å². The molecule has 0 radical (unpaired) electrons. The largest absolute Gasteiger partial charge is 1.00 e. The van der Waals surface area contributed by atoms with Crippen LogP contribution in [0, 0.1) is 5.32 Å². The molecule has 0 amide bonds. The maximum atomic E-state index is 2.94. The van der Waals surface area contributed by atoms with Crippen LogP contribution in [0.15, 0.2) is 16.8 Å². The van der Waals surface area contributed by atoms with E-state index in [0.717, 1.165) is 0 Å². The number of allylic oxidation sites excluding steroid dienone is 1. The third-order valence-corrected chi connectivity index (χ3v) is 1.57. The summed E-state index contributed by atoms with van der Waals surface area (Å²) >= 11 is 0.653. The maximum absolute atomic E-state index is 2.94. The molecule has 0 saturated heterocycles. The van der Waals surface area contributed by atoms with Gasteiger partial charge >= 0.3 is 55.9 Å². The summed E-state index contributed by atoms with van der Waals surface area (Å²) in [4.78, 5) is 2.06. The van der Waals surface area contributed by atoms with Gasteiger partial charge in [0, 0.05) is 0 Å². The molecule has 0 aromatic rings. The second-order valence-electron chi connectivity index (χ2n) is 0.723. The molecule has 0 bridgehead atoms. The summed E-state index contributed by atoms with van der Waals surface area (Å²) in [5, 5.41) is 2.13. The molecule has 0 aliphatic carbocycles. The minimum atomic E-state index is 0. The Hall–Kier alpha value is 0.507. The summed E-state index contributed by atoms with van der Waals surface area (Å²) in [5.74, 6) is 0. The molecule has 0 unspecified atom stereocenters. The zero-order valence-corrected chi connectivity index (χ0v) is 5.35. The Kier molecular flexibility index (Phi) is 4.00. The molecule has 0 aromatic carbocycles. The van der Waals surface area contributed by atoms with E-state index in [0.29, 0.717) is 15.0 Å². The van der Waals surface area contributed by atoms with Crippen LogP contribution in [0.5, 0.6) is 0 Å². The molecule has 0 N–H and O–H groups in total. The molecule has 0 aromatic heterocycles. The van der Waals surface area contributed by atoms with Gasteiger partial charge in [0.2, 0.25) is 0 Å². The van der Waals surface area contributed by atoms with Crippen molar-refractivity contribution in [2.45, 2.75) is 0 Å². The van der Waals surface area contributed by atoms with Gasteiger partial charge in [0.25, 0.3) is 0 Å². The second kappa shape index (κ2) is 3.69. The van der Waals surface area contributed by atoms with Crippen molar-refractivity contribution in [1.82, 2.24) is 0 Å². The average Bonchev–Trinajstić information content (AvgIpc) is 1.76. The number of hydrogen-bond donors (Lipinski definition) is 0. The van der Waals surface area contributed by atoms with Crippen molar-refractivity contribution >= 4 is 15.0 Å². The van der Waals surface area contributed by atoms with E-state index in [-0.39, 0.29) is 18.9 Å². The first-order valence-corrected chi connectivity index (χ1v) is 3.36. The molecule has 6 heavy (non-hydrogen) atoms. The van der Waals surface area contributed by atoms with Crippen molar-refractivity contribution in [2.75, 3.05) is 0 Å². The summed E-state index contributed by atoms with van der Waals surface area (Å²) in [6, 6.07) is 0. The maximum Gasteiger partial charge on any atom is 1.00 e. The van der Waals surface area contributed by atoms with Crippen molar-refractivity contribution in [3.05, 3.63) is 22.1 Å². The van der Waals surface area contributed by atoms with Crippen molar-refractivity contribution in [3.63, 3.8) is 0 Å². The van der Waals surface area contributed by atoms with Crippen LogP contribution >= 0.6 is 0 Å². The van der Waals surface area contributed by atoms with Gasteiger partial charge in [-0.25, -0.2) is 0 Å². The van der Waals surface area contributed by atoms with Gasteiger partial charge < -0.3 is 0 Å². The molecular formula is C4H3LiSe. The fourth-order valence-electron chi connectivity index (χ4n) is 0.196. The molecule has 0 fully saturated rings. The summed E-state index contributed by atoms with van der Waals surface area (Å²) in [7, 11) is 0. The van der Waals surface area contributed by atoms with E-state index in [1.807, 2.05) is 6.08 Å². The summed E-state index contributed by atoms with van der Waals surface area (Å²) < 4.78 is 0. The van der Waals surface area contributed by atoms with E-state index >= 15 is 0 Å². The predicted molar refractivity (Wildman–Crippen MR) is 22.7 cm³/mol. The van der Waals surface area contributed by atoms with Crippen molar-refractivity contribution in [3.8, 4) is 0 Å². The minimum absolute atomic E-state index is 0. The van der Waals surface area contributed by atoms with E-state index < -0.39 is 0 Å². The molecule has 0 saturated carbocycles. The van der Waals surface area contributed by atoms with E-state index in [9.17, 15) is 0 Å². The zero-order chi connectivity index (χ0) is 3.54. The van der Waals surface area contributed by atoms with Crippen LogP contribution in [0.4, 0.5) is 0 Å². The van der Waals surface area contributed by atoms with Crippen molar-refractivity contribution in [1.29, 1.82) is 0 Å². The first-order chi connectivity index (χ1) is 2.50. The Morgan fingerprint density at radius 3 is 2.67 bits per heavy atom. The SMILES string of the molecule is C1=C[CH-][Se]C=1.[Li+]. The van der Waals surface area contributed by atoms with E-state index in [1.165, 1.54) is 0 Å². The van der Waals surface area contributed by atoms with Crippen LogP contribution in [0.3, 0.4) is 0 Å². The first kappa shape index (κ1) is 6.51. The van der Waals surface area contributed by atoms with Crippen LogP contribution in [0.1, 0.15) is 0 Å². The molecule has 0 nitrogen and oxygen atoms in total. The molecule has 2 heteroatoms. The quantitative estimate of drug-likeness (QED) is 0.197. The van der Waals surface area contributed by atoms with Gasteiger partial charge in [0.1, 0.15) is 0 Å². The minimum Gasteiger partial charge on any atom is 1.00 e. The topological polar surface area (TPSA) is 0 Å². The molecule has 1 heterocycles. The van der Waals surface area contributed by atoms with Crippen LogP contribution in [0.25, 0.3) is 0 Å². The van der Waals surface area contributed by atoms with Gasteiger partial charge in [-0.15, -0.1) is 0 Å². The number of rotatable bonds is 0. The molecule has 1 rings (SSSR count). The number of hydrogen-bond acceptors (Lipinski definition) is 0. The molecule has 26 valence electrons. The van der Waals surface area contributed by atoms with Gasteiger partial charge in [-0.1, -0.05) is 0 Å². The van der Waals surface area contributed by atoms with Gasteiger partial charge in [-0.3, -0.25) is 0 Å². The summed E-state index contributed by atoms with van der Waals surface area (Å²) in [6.45, 7) is 0. The first-order valence-electron chi connectivity index (χ1n) is 1.38. The van der Waals surface area contributed by atoms with Crippen LogP contribution < -0.4 is 18.9 Å². The summed E-state index contributed by atoms with van der Waals surface area (Å²) in [5.41, 5.74) is 2.94. The van der Waals surface area contributed by atoms with Gasteiger partial charge in [-0.2, -0.15) is 0 Å². The smallest absolute Gasteiger partial charge is 1.00 e. The standard InChI is InChI=1S/C4H3Se.Li/c1-2-4-5-3-1;/h1,3-4H;/q-1;+1. The molecule has 0 spiro atoms. The Morgan fingerprint density at radius 1 is 1.67 bits per heavy atom. The van der Waals surface area contributed by atoms with Gasteiger partial charge in [0.15, 0.2) is 0 Å². The molecule has 1 aliphatic heterocycles. The van der Waals surface area contributed by atoms with Crippen molar-refractivity contribution in [2.24, 2.45) is 0 Å². The zero-order valence-electron chi connectivity index (χ0n) is 3.64. The van der Waals surface area contributed by atoms with Crippen LogP contribution in [0.2, 0.25) is 0 Å². The van der Waals surface area contributed by atoms with Crippen LogP contribution in [-0.2, 0) is 0 Å². The fraction of sp³-hybridized carbons (Fsp3) is 0. The van der Waals surface area contributed by atoms with E-state index in [1.54, 1.807) is 0 Å². The Balaban J connectivity index is 0.000000250. The second-order valence-corrected chi connectivity index (χ2v) is 2.36. The predicted octanol–water partition coefficient (Wildman–Crippen LogP) is -2.46. The van der Waals surface area contributed by atoms with Gasteiger partial charge in [0.05, 0.1) is 0 Å². The van der Waals surface area contributed by atoms with Crippen LogP contribution in [-0.4, -0.2) is 15.0 Å². The van der Waals surface area contributed by atoms with E-state index in [2.05, 4.69) is 16.0 Å². The van der Waals surface area contributed by atoms with E-state index in [4.69, 9.17) is 0 Å². The summed E-state index contributed by atoms with van der Waals surface area (Å²) in [6.07, 6.45) is 1.96. The third kappa shape index (κ3) is 1.83. The van der Waals surface area contributed by atoms with Crippen molar-refractivity contribution < 1.29 is 18.9 Å². The molecular weight excluding hydrogens is 134 g/mol. The molecule has 1 aliphatic rings. The Bertz CT molecular complexity index is 73.5. The average molecular weight is 137 g/mol. The Morgan fingerprint density at radius 2 is 2.50 bits per heavy atom. The normalized spacial score (nSPS) is 13.3. The molecule has 0 atom stereocenters. The third-order valence-electron chi connectivity index (χ3n) is 0.379.